The minimum atomic E-state index is -0.472. The number of hydrazone groups is 1. The fourth-order valence-corrected chi connectivity index (χ4v) is 3.86. The van der Waals surface area contributed by atoms with E-state index >= 15 is 0 Å². The topological polar surface area (TPSA) is 106 Å². The van der Waals surface area contributed by atoms with Crippen molar-refractivity contribution in [3.8, 4) is 5.75 Å². The van der Waals surface area contributed by atoms with Crippen LogP contribution < -0.4 is 15.5 Å². The lowest BCUT2D eigenvalue weighted by Gasteiger charge is -2.06. The molecule has 8 nitrogen and oxygen atoms in total. The molecule has 0 atom stereocenters. The van der Waals surface area contributed by atoms with E-state index in [1.165, 1.54) is 6.26 Å². The van der Waals surface area contributed by atoms with Gasteiger partial charge in [0.25, 0.3) is 5.91 Å². The molecule has 38 heavy (non-hydrogen) atoms. The summed E-state index contributed by atoms with van der Waals surface area (Å²) >= 11 is 0. The van der Waals surface area contributed by atoms with Gasteiger partial charge in [-0.3, -0.25) is 9.59 Å². The minimum absolute atomic E-state index is 0.131. The Labute approximate surface area is 218 Å². The average molecular weight is 508 g/mol. The van der Waals surface area contributed by atoms with Crippen LogP contribution in [-0.2, 0) is 6.61 Å². The van der Waals surface area contributed by atoms with Crippen molar-refractivity contribution in [2.24, 2.45) is 5.10 Å². The molecule has 0 fully saturated rings. The zero-order valence-electron chi connectivity index (χ0n) is 20.9. The molecule has 2 heterocycles. The summed E-state index contributed by atoms with van der Waals surface area (Å²) in [6.45, 7) is 3.69. The Morgan fingerprint density at radius 1 is 0.895 bits per heavy atom. The Bertz CT molecular complexity index is 1630. The van der Waals surface area contributed by atoms with Crippen LogP contribution in [0, 0.1) is 6.92 Å². The Morgan fingerprint density at radius 3 is 2.45 bits per heavy atom. The molecule has 0 saturated heterocycles. The molecule has 5 aromatic rings. The first-order valence-electron chi connectivity index (χ1n) is 12.0. The number of carbonyl (C=O) groups excluding carboxylic acids is 2. The van der Waals surface area contributed by atoms with Crippen LogP contribution in [0.2, 0.25) is 0 Å². The molecule has 0 saturated carbocycles. The first-order valence-corrected chi connectivity index (χ1v) is 12.0. The number of amides is 2. The van der Waals surface area contributed by atoms with Crippen LogP contribution in [0.5, 0.6) is 5.75 Å². The van der Waals surface area contributed by atoms with Crippen molar-refractivity contribution >= 4 is 34.0 Å². The molecule has 2 aromatic heterocycles. The number of anilines is 1. The Balaban J connectivity index is 1.15. The van der Waals surface area contributed by atoms with E-state index < -0.39 is 5.91 Å². The third kappa shape index (κ3) is 5.65. The number of hydrogen-bond acceptors (Lipinski definition) is 6. The molecule has 8 heteroatoms. The van der Waals surface area contributed by atoms with Gasteiger partial charge >= 0.3 is 5.91 Å². The summed E-state index contributed by atoms with van der Waals surface area (Å²) in [7, 11) is 0. The maximum Gasteiger partial charge on any atom is 0.307 e. The quantitative estimate of drug-likeness (QED) is 0.189. The van der Waals surface area contributed by atoms with E-state index in [2.05, 4.69) is 15.8 Å². The van der Waals surface area contributed by atoms with Gasteiger partial charge in [0.2, 0.25) is 0 Å². The molecule has 0 spiro atoms. The summed E-state index contributed by atoms with van der Waals surface area (Å²) in [4.78, 5) is 24.9. The number of aryl methyl sites for hydroxylation is 1. The van der Waals surface area contributed by atoms with Crippen LogP contribution in [-0.4, -0.2) is 17.5 Å². The van der Waals surface area contributed by atoms with Gasteiger partial charge in [0, 0.05) is 5.69 Å². The lowest BCUT2D eigenvalue weighted by Crippen LogP contribution is -2.18. The molecule has 2 N–H and O–H groups in total. The van der Waals surface area contributed by atoms with Crippen LogP contribution in [0.25, 0.3) is 10.8 Å². The molecule has 0 unspecified atom stereocenters. The maximum atomic E-state index is 12.5. The lowest BCUT2D eigenvalue weighted by molar-refractivity contribution is 0.0922. The molecule has 0 radical (unpaired) electrons. The number of carbonyl (C=O) groups is 2. The number of furan rings is 2. The number of nitrogens with zero attached hydrogens (tertiary/aromatic N) is 1. The van der Waals surface area contributed by atoms with Gasteiger partial charge in [-0.05, 0) is 72.6 Å². The third-order valence-electron chi connectivity index (χ3n) is 5.98. The second-order valence-electron chi connectivity index (χ2n) is 8.62. The van der Waals surface area contributed by atoms with E-state index in [0.29, 0.717) is 34.2 Å². The van der Waals surface area contributed by atoms with Gasteiger partial charge in [-0.25, -0.2) is 5.43 Å². The van der Waals surface area contributed by atoms with Crippen molar-refractivity contribution in [1.29, 1.82) is 0 Å². The first-order chi connectivity index (χ1) is 18.5. The van der Waals surface area contributed by atoms with Crippen molar-refractivity contribution in [1.82, 2.24) is 5.43 Å². The Kier molecular flexibility index (Phi) is 7.04. The molecule has 3 aromatic carbocycles. The van der Waals surface area contributed by atoms with Gasteiger partial charge in [0.1, 0.15) is 23.9 Å². The first kappa shape index (κ1) is 24.6. The molecule has 190 valence electrons. The highest BCUT2D eigenvalue weighted by atomic mass is 16.5. The Morgan fingerprint density at radius 2 is 1.68 bits per heavy atom. The molecule has 0 bridgehead atoms. The van der Waals surface area contributed by atoms with Crippen LogP contribution in [0.15, 0.2) is 105 Å². The largest absolute Gasteiger partial charge is 0.486 e. The number of rotatable bonds is 8. The van der Waals surface area contributed by atoms with Crippen molar-refractivity contribution < 1.29 is 23.2 Å². The van der Waals surface area contributed by atoms with Gasteiger partial charge in [0.15, 0.2) is 5.76 Å². The average Bonchev–Trinajstić information content (AvgIpc) is 3.60. The number of fused-ring (bicyclic) bond motifs is 1. The summed E-state index contributed by atoms with van der Waals surface area (Å²) in [5.41, 5.74) is 5.00. The van der Waals surface area contributed by atoms with E-state index in [1.807, 2.05) is 42.5 Å². The fourth-order valence-electron chi connectivity index (χ4n) is 3.86. The molecular weight excluding hydrogens is 482 g/mol. The number of nitrogens with one attached hydrogen (secondary N) is 2. The van der Waals surface area contributed by atoms with Gasteiger partial charge in [-0.15, -0.1) is 0 Å². The highest BCUT2D eigenvalue weighted by Crippen LogP contribution is 2.22. The second kappa shape index (κ2) is 10.9. The normalized spacial score (nSPS) is 11.4. The molecule has 0 aliphatic carbocycles. The summed E-state index contributed by atoms with van der Waals surface area (Å²) in [5.74, 6) is 1.20. The predicted molar refractivity (Wildman–Crippen MR) is 145 cm³/mol. The highest BCUT2D eigenvalue weighted by molar-refractivity contribution is 6.05. The third-order valence-corrected chi connectivity index (χ3v) is 5.98. The second-order valence-corrected chi connectivity index (χ2v) is 8.62. The molecular formula is C30H25N3O5. The SMILES string of the molecule is C/C(=N/NC(=O)c1ccc(COc2ccc3ccccc3c2)o1)c1ccc(NC(=O)c2ccoc2C)cc1. The van der Waals surface area contributed by atoms with E-state index in [9.17, 15) is 9.59 Å². The zero-order valence-corrected chi connectivity index (χ0v) is 20.9. The van der Waals surface area contributed by atoms with Crippen molar-refractivity contribution in [2.75, 3.05) is 5.32 Å². The summed E-state index contributed by atoms with van der Waals surface area (Å²) in [5, 5.41) is 9.21. The van der Waals surface area contributed by atoms with E-state index in [4.69, 9.17) is 13.6 Å². The van der Waals surface area contributed by atoms with Crippen molar-refractivity contribution in [3.05, 3.63) is 120 Å². The van der Waals surface area contributed by atoms with Crippen molar-refractivity contribution in [2.45, 2.75) is 20.5 Å². The van der Waals surface area contributed by atoms with Crippen LogP contribution in [0.1, 0.15) is 44.9 Å². The summed E-state index contributed by atoms with van der Waals surface area (Å²) in [6.07, 6.45) is 1.48. The molecule has 5 rings (SSSR count). The lowest BCUT2D eigenvalue weighted by atomic mass is 10.1. The number of ether oxygens (including phenoxy) is 1. The van der Waals surface area contributed by atoms with Gasteiger partial charge < -0.3 is 18.9 Å². The number of hydrogen-bond donors (Lipinski definition) is 2. The number of benzene rings is 3. The van der Waals surface area contributed by atoms with Gasteiger partial charge in [-0.1, -0.05) is 42.5 Å². The van der Waals surface area contributed by atoms with E-state index in [1.54, 1.807) is 56.3 Å². The smallest absolute Gasteiger partial charge is 0.307 e. The van der Waals surface area contributed by atoms with Gasteiger partial charge in [-0.2, -0.15) is 5.10 Å². The van der Waals surface area contributed by atoms with Crippen LogP contribution >= 0.6 is 0 Å². The maximum absolute atomic E-state index is 12.5. The van der Waals surface area contributed by atoms with Crippen LogP contribution in [0.4, 0.5) is 5.69 Å². The minimum Gasteiger partial charge on any atom is -0.486 e. The fraction of sp³-hybridized carbons (Fsp3) is 0.100. The van der Waals surface area contributed by atoms with Gasteiger partial charge in [0.05, 0.1) is 17.5 Å². The van der Waals surface area contributed by atoms with Crippen LogP contribution in [0.3, 0.4) is 0 Å². The van der Waals surface area contributed by atoms with E-state index in [0.717, 1.165) is 16.3 Å². The summed E-state index contributed by atoms with van der Waals surface area (Å²) in [6, 6.07) is 25.9. The Hall–Kier alpha value is -5.11. The predicted octanol–water partition coefficient (Wildman–Crippen LogP) is 6.32. The molecule has 0 aliphatic heterocycles. The van der Waals surface area contributed by atoms with E-state index in [-0.39, 0.29) is 18.3 Å². The summed E-state index contributed by atoms with van der Waals surface area (Å²) < 4.78 is 16.6. The highest BCUT2D eigenvalue weighted by Gasteiger charge is 2.13. The standard InChI is InChI=1S/C30H25N3O5/c1-19(21-7-10-24(11-8-21)31-29(34)27-15-16-36-20(27)2)32-33-30(35)28-14-13-26(38-28)18-37-25-12-9-22-5-3-4-6-23(22)17-25/h3-17H,18H2,1-2H3,(H,31,34)(H,33,35)/b32-19-. The molecule has 0 aliphatic rings. The zero-order chi connectivity index (χ0) is 26.5. The molecule has 2 amide bonds. The van der Waals surface area contributed by atoms with Crippen molar-refractivity contribution in [3.63, 3.8) is 0 Å². The monoisotopic (exact) mass is 507 g/mol.